The normalized spacial score (nSPS) is 11.5. The van der Waals surface area contributed by atoms with Crippen LogP contribution >= 0.6 is 0 Å². The molecule has 3 rings (SSSR count). The van der Waals surface area contributed by atoms with Gasteiger partial charge < -0.3 is 9.84 Å². The summed E-state index contributed by atoms with van der Waals surface area (Å²) in [5.74, 6) is 1.42. The summed E-state index contributed by atoms with van der Waals surface area (Å²) in [4.78, 5) is 11.7. The predicted molar refractivity (Wildman–Crippen MR) is 118 cm³/mol. The lowest BCUT2D eigenvalue weighted by atomic mass is 9.82. The minimum atomic E-state index is -0.139. The van der Waals surface area contributed by atoms with Crippen LogP contribution < -0.4 is 4.74 Å². The average Bonchev–Trinajstić information content (AvgIpc) is 3.21. The van der Waals surface area contributed by atoms with Crippen molar-refractivity contribution in [2.75, 3.05) is 0 Å². The topological polar surface area (TPSA) is 101 Å². The van der Waals surface area contributed by atoms with E-state index in [0.717, 1.165) is 36.1 Å². The van der Waals surface area contributed by atoms with Crippen molar-refractivity contribution in [3.63, 3.8) is 0 Å². The fraction of sp³-hybridized carbons (Fsp3) is 0.417. The summed E-state index contributed by atoms with van der Waals surface area (Å²) in [6, 6.07) is 11.6. The SMILES string of the molecule is CCCc1c(COc2ccc(CC(C)(C)Cc3nn[nH]n3)cc2)ccc(C(C)=O)c1O. The van der Waals surface area contributed by atoms with Gasteiger partial charge in [-0.25, -0.2) is 0 Å². The van der Waals surface area contributed by atoms with Gasteiger partial charge in [-0.05, 0) is 54.5 Å². The Bertz CT molecular complexity index is 1010. The van der Waals surface area contributed by atoms with E-state index in [-0.39, 0.29) is 16.9 Å². The number of tetrazole rings is 1. The first-order valence-electron chi connectivity index (χ1n) is 10.6. The molecule has 2 aromatic carbocycles. The van der Waals surface area contributed by atoms with E-state index < -0.39 is 0 Å². The number of Topliss-reactive ketones (excluding diaryl/α,β-unsaturated/α-hetero) is 1. The Balaban J connectivity index is 1.65. The molecule has 0 amide bonds. The van der Waals surface area contributed by atoms with Crippen LogP contribution in [-0.4, -0.2) is 31.5 Å². The molecule has 0 atom stereocenters. The minimum Gasteiger partial charge on any atom is -0.507 e. The highest BCUT2D eigenvalue weighted by molar-refractivity contribution is 5.97. The summed E-state index contributed by atoms with van der Waals surface area (Å²) >= 11 is 0. The lowest BCUT2D eigenvalue weighted by Gasteiger charge is -2.23. The zero-order valence-electron chi connectivity index (χ0n) is 18.6. The number of aromatic hydroxyl groups is 1. The van der Waals surface area contributed by atoms with Crippen LogP contribution in [0.3, 0.4) is 0 Å². The van der Waals surface area contributed by atoms with Gasteiger partial charge in [0.05, 0.1) is 5.56 Å². The lowest BCUT2D eigenvalue weighted by molar-refractivity contribution is 0.101. The molecule has 2 N–H and O–H groups in total. The quantitative estimate of drug-likeness (QED) is 0.468. The second kappa shape index (κ2) is 9.73. The van der Waals surface area contributed by atoms with Crippen molar-refractivity contribution >= 4 is 5.78 Å². The largest absolute Gasteiger partial charge is 0.507 e. The smallest absolute Gasteiger partial charge is 0.175 e. The van der Waals surface area contributed by atoms with Crippen LogP contribution in [0.2, 0.25) is 0 Å². The summed E-state index contributed by atoms with van der Waals surface area (Å²) in [6.07, 6.45) is 3.18. The molecule has 0 fully saturated rings. The molecule has 164 valence electrons. The van der Waals surface area contributed by atoms with Crippen LogP contribution in [0.15, 0.2) is 36.4 Å². The van der Waals surface area contributed by atoms with Crippen molar-refractivity contribution in [2.45, 2.75) is 60.0 Å². The van der Waals surface area contributed by atoms with Crippen LogP contribution in [0.5, 0.6) is 11.5 Å². The summed E-state index contributed by atoms with van der Waals surface area (Å²) in [5, 5.41) is 24.7. The molecule has 7 heteroatoms. The van der Waals surface area contributed by atoms with Crippen LogP contribution in [-0.2, 0) is 25.9 Å². The molecule has 0 aliphatic rings. The number of aromatic amines is 1. The molecule has 0 aliphatic heterocycles. The number of benzene rings is 2. The summed E-state index contributed by atoms with van der Waals surface area (Å²) in [7, 11) is 0. The second-order valence-electron chi connectivity index (χ2n) is 8.68. The average molecular weight is 423 g/mol. The van der Waals surface area contributed by atoms with E-state index in [9.17, 15) is 9.90 Å². The van der Waals surface area contributed by atoms with Gasteiger partial charge in [-0.3, -0.25) is 4.79 Å². The molecule has 7 nitrogen and oxygen atoms in total. The standard InChI is InChI=1S/C24H30N4O3/c1-5-6-21-18(9-12-20(16(2)29)23(21)30)15-31-19-10-7-17(8-11-19)13-24(3,4)14-22-25-27-28-26-22/h7-12,30H,5-6,13-15H2,1-4H3,(H,25,26,27,28). The molecule has 31 heavy (non-hydrogen) atoms. The van der Waals surface area contributed by atoms with Gasteiger partial charge in [0.2, 0.25) is 0 Å². The number of carbonyl (C=O) groups excluding carboxylic acids is 1. The number of carbonyl (C=O) groups is 1. The van der Waals surface area contributed by atoms with Gasteiger partial charge in [-0.2, -0.15) is 5.21 Å². The van der Waals surface area contributed by atoms with Crippen molar-refractivity contribution in [2.24, 2.45) is 5.41 Å². The molecule has 3 aromatic rings. The van der Waals surface area contributed by atoms with Gasteiger partial charge in [0.25, 0.3) is 0 Å². The predicted octanol–water partition coefficient (Wildman–Crippen LogP) is 4.45. The zero-order chi connectivity index (χ0) is 22.4. The maximum absolute atomic E-state index is 11.7. The maximum Gasteiger partial charge on any atom is 0.175 e. The highest BCUT2D eigenvalue weighted by atomic mass is 16.5. The molecule has 1 heterocycles. The number of nitrogens with one attached hydrogen (secondary N) is 1. The second-order valence-corrected chi connectivity index (χ2v) is 8.68. The summed E-state index contributed by atoms with van der Waals surface area (Å²) in [6.45, 7) is 8.21. The molecular weight excluding hydrogens is 392 g/mol. The molecular formula is C24H30N4O3. The first-order valence-corrected chi connectivity index (χ1v) is 10.6. The van der Waals surface area contributed by atoms with Crippen LogP contribution in [0, 0.1) is 5.41 Å². The Morgan fingerprint density at radius 3 is 2.48 bits per heavy atom. The molecule has 0 radical (unpaired) electrons. The molecule has 0 saturated heterocycles. The van der Waals surface area contributed by atoms with Crippen LogP contribution in [0.1, 0.15) is 67.0 Å². The van der Waals surface area contributed by atoms with E-state index in [1.165, 1.54) is 12.5 Å². The highest BCUT2D eigenvalue weighted by Gasteiger charge is 2.21. The van der Waals surface area contributed by atoms with Crippen molar-refractivity contribution < 1.29 is 14.6 Å². The fourth-order valence-electron chi connectivity index (χ4n) is 3.79. The van der Waals surface area contributed by atoms with E-state index >= 15 is 0 Å². The number of hydrogen-bond acceptors (Lipinski definition) is 6. The first kappa shape index (κ1) is 22.5. The van der Waals surface area contributed by atoms with E-state index in [2.05, 4.69) is 46.6 Å². The number of ketones is 1. The number of H-pyrrole nitrogens is 1. The van der Waals surface area contributed by atoms with Crippen molar-refractivity contribution in [3.8, 4) is 11.5 Å². The van der Waals surface area contributed by atoms with Gasteiger partial charge in [-0.15, -0.1) is 10.2 Å². The fourth-order valence-corrected chi connectivity index (χ4v) is 3.79. The van der Waals surface area contributed by atoms with Gasteiger partial charge in [0, 0.05) is 12.0 Å². The lowest BCUT2D eigenvalue weighted by Crippen LogP contribution is -2.19. The Morgan fingerprint density at radius 2 is 1.87 bits per heavy atom. The number of phenolic OH excluding ortho intramolecular Hbond substituents is 1. The Morgan fingerprint density at radius 1 is 1.13 bits per heavy atom. The monoisotopic (exact) mass is 422 g/mol. The molecule has 0 aliphatic carbocycles. The Hall–Kier alpha value is -3.22. The number of rotatable bonds is 10. The van der Waals surface area contributed by atoms with Gasteiger partial charge in [0.15, 0.2) is 11.6 Å². The van der Waals surface area contributed by atoms with Crippen LogP contribution in [0.25, 0.3) is 0 Å². The van der Waals surface area contributed by atoms with Gasteiger partial charge in [-0.1, -0.05) is 50.6 Å². The van der Waals surface area contributed by atoms with E-state index in [4.69, 9.17) is 4.74 Å². The Labute approximate surface area is 182 Å². The molecule has 0 spiro atoms. The molecule has 0 unspecified atom stereocenters. The van der Waals surface area contributed by atoms with Gasteiger partial charge >= 0.3 is 0 Å². The maximum atomic E-state index is 11.7. The summed E-state index contributed by atoms with van der Waals surface area (Å²) < 4.78 is 5.98. The molecule has 0 saturated carbocycles. The van der Waals surface area contributed by atoms with Crippen molar-refractivity contribution in [1.82, 2.24) is 20.6 Å². The third-order valence-electron chi connectivity index (χ3n) is 5.29. The number of hydrogen-bond donors (Lipinski definition) is 2. The molecule has 0 bridgehead atoms. The van der Waals surface area contributed by atoms with E-state index in [1.54, 1.807) is 6.07 Å². The third-order valence-corrected chi connectivity index (χ3v) is 5.29. The molecule has 1 aromatic heterocycles. The van der Waals surface area contributed by atoms with Crippen molar-refractivity contribution in [1.29, 1.82) is 0 Å². The minimum absolute atomic E-state index is 0.00269. The number of phenols is 1. The van der Waals surface area contributed by atoms with Crippen molar-refractivity contribution in [3.05, 3.63) is 64.5 Å². The zero-order valence-corrected chi connectivity index (χ0v) is 18.6. The number of aromatic nitrogens is 4. The highest BCUT2D eigenvalue weighted by Crippen LogP contribution is 2.30. The summed E-state index contributed by atoms with van der Waals surface area (Å²) in [5.41, 5.74) is 3.25. The number of nitrogens with zero attached hydrogens (tertiary/aromatic N) is 3. The van der Waals surface area contributed by atoms with Gasteiger partial charge in [0.1, 0.15) is 18.1 Å². The third kappa shape index (κ3) is 5.90. The Kier molecular flexibility index (Phi) is 7.05. The first-order chi connectivity index (χ1) is 14.8. The van der Waals surface area contributed by atoms with E-state index in [0.29, 0.717) is 24.4 Å². The van der Waals surface area contributed by atoms with Crippen LogP contribution in [0.4, 0.5) is 0 Å². The number of ether oxygens (including phenoxy) is 1. The van der Waals surface area contributed by atoms with E-state index in [1.807, 2.05) is 25.1 Å².